The fraction of sp³-hybridized carbons (Fsp3) is 1.00. The van der Waals surface area contributed by atoms with Crippen LogP contribution in [0.3, 0.4) is 0 Å². The molecule has 5 nitrogen and oxygen atoms in total. The fourth-order valence-electron chi connectivity index (χ4n) is 2.63. The van der Waals surface area contributed by atoms with E-state index in [4.69, 9.17) is 5.73 Å². The number of piperidine rings is 1. The summed E-state index contributed by atoms with van der Waals surface area (Å²) in [6.07, 6.45) is 2.62. The first kappa shape index (κ1) is 16.9. The first-order valence-electron chi connectivity index (χ1n) is 7.26. The summed E-state index contributed by atoms with van der Waals surface area (Å²) in [5.41, 5.74) is 5.70. The van der Waals surface area contributed by atoms with Gasteiger partial charge in [0, 0.05) is 25.2 Å². The summed E-state index contributed by atoms with van der Waals surface area (Å²) in [4.78, 5) is 0. The minimum Gasteiger partial charge on any atom is -0.324 e. The average molecular weight is 291 g/mol. The van der Waals surface area contributed by atoms with Crippen molar-refractivity contribution in [2.24, 2.45) is 17.6 Å². The van der Waals surface area contributed by atoms with E-state index in [1.54, 1.807) is 4.31 Å². The number of nitrogens with zero attached hydrogens (tertiary/aromatic N) is 1. The maximum atomic E-state index is 12.3. The lowest BCUT2D eigenvalue weighted by Crippen LogP contribution is -2.54. The van der Waals surface area contributed by atoms with Gasteiger partial charge in [-0.05, 0) is 31.1 Å². The zero-order valence-electron chi connectivity index (χ0n) is 12.6. The molecule has 1 heterocycles. The van der Waals surface area contributed by atoms with Crippen molar-refractivity contribution < 1.29 is 8.42 Å². The van der Waals surface area contributed by atoms with Crippen LogP contribution in [-0.2, 0) is 10.2 Å². The fourth-order valence-corrected chi connectivity index (χ4v) is 4.18. The van der Waals surface area contributed by atoms with Gasteiger partial charge in [0.25, 0.3) is 10.2 Å². The topological polar surface area (TPSA) is 75.4 Å². The van der Waals surface area contributed by atoms with Gasteiger partial charge in [0.1, 0.15) is 0 Å². The highest BCUT2D eigenvalue weighted by Crippen LogP contribution is 2.22. The molecular formula is C13H29N3O2S. The molecule has 114 valence electrons. The Morgan fingerprint density at radius 2 is 1.68 bits per heavy atom. The summed E-state index contributed by atoms with van der Waals surface area (Å²) in [7, 11) is -3.40. The molecule has 19 heavy (non-hydrogen) atoms. The Kier molecular flexibility index (Phi) is 5.79. The molecule has 2 unspecified atom stereocenters. The van der Waals surface area contributed by atoms with Crippen molar-refractivity contribution in [1.29, 1.82) is 0 Å². The molecule has 1 aliphatic heterocycles. The van der Waals surface area contributed by atoms with E-state index in [0.717, 1.165) is 19.3 Å². The van der Waals surface area contributed by atoms with Crippen molar-refractivity contribution in [3.05, 3.63) is 0 Å². The second-order valence-electron chi connectivity index (χ2n) is 6.16. The molecule has 0 radical (unpaired) electrons. The lowest BCUT2D eigenvalue weighted by molar-refractivity contribution is 0.219. The van der Waals surface area contributed by atoms with E-state index in [1.807, 2.05) is 13.8 Å². The van der Waals surface area contributed by atoms with Gasteiger partial charge in [-0.3, -0.25) is 0 Å². The van der Waals surface area contributed by atoms with Crippen LogP contribution < -0.4 is 10.5 Å². The normalized spacial score (nSPS) is 26.6. The van der Waals surface area contributed by atoms with Gasteiger partial charge in [-0.1, -0.05) is 27.7 Å². The van der Waals surface area contributed by atoms with Crippen molar-refractivity contribution in [2.75, 3.05) is 19.6 Å². The maximum absolute atomic E-state index is 12.3. The molecular weight excluding hydrogens is 262 g/mol. The van der Waals surface area contributed by atoms with Crippen LogP contribution in [-0.4, -0.2) is 37.9 Å². The van der Waals surface area contributed by atoms with Gasteiger partial charge in [-0.15, -0.1) is 0 Å². The van der Waals surface area contributed by atoms with E-state index in [0.29, 0.717) is 31.5 Å². The molecule has 0 aromatic heterocycles. The smallest absolute Gasteiger partial charge is 0.279 e. The first-order valence-corrected chi connectivity index (χ1v) is 8.70. The second kappa shape index (κ2) is 6.52. The van der Waals surface area contributed by atoms with E-state index in [1.165, 1.54) is 0 Å². The van der Waals surface area contributed by atoms with Crippen LogP contribution in [0.4, 0.5) is 0 Å². The summed E-state index contributed by atoms with van der Waals surface area (Å²) < 4.78 is 28.9. The van der Waals surface area contributed by atoms with E-state index in [2.05, 4.69) is 18.6 Å². The second-order valence-corrected chi connectivity index (χ2v) is 7.91. The van der Waals surface area contributed by atoms with Crippen LogP contribution >= 0.6 is 0 Å². The molecule has 2 atom stereocenters. The Morgan fingerprint density at radius 1 is 1.21 bits per heavy atom. The van der Waals surface area contributed by atoms with Gasteiger partial charge in [-0.25, -0.2) is 4.72 Å². The maximum Gasteiger partial charge on any atom is 0.279 e. The molecule has 0 amide bonds. The summed E-state index contributed by atoms with van der Waals surface area (Å²) in [6, 6.07) is 0. The van der Waals surface area contributed by atoms with Gasteiger partial charge >= 0.3 is 0 Å². The zero-order chi connectivity index (χ0) is 14.7. The highest BCUT2D eigenvalue weighted by atomic mass is 32.2. The monoisotopic (exact) mass is 291 g/mol. The highest BCUT2D eigenvalue weighted by Gasteiger charge is 2.32. The van der Waals surface area contributed by atoms with Crippen LogP contribution in [0.5, 0.6) is 0 Å². The SMILES string of the molecule is CCC(N)(CC)CNS(=O)(=O)N1CC(C)CC(C)C1. The predicted octanol–water partition coefficient (Wildman–Crippen LogP) is 1.32. The summed E-state index contributed by atoms with van der Waals surface area (Å²) >= 11 is 0. The zero-order valence-corrected chi connectivity index (χ0v) is 13.5. The largest absolute Gasteiger partial charge is 0.324 e. The number of nitrogens with one attached hydrogen (secondary N) is 1. The van der Waals surface area contributed by atoms with Crippen LogP contribution in [0.15, 0.2) is 0 Å². The standard InChI is InChI=1S/C13H29N3O2S/c1-5-13(14,6-2)10-15-19(17,18)16-8-11(3)7-12(4)9-16/h11-12,15H,5-10,14H2,1-4H3. The van der Waals surface area contributed by atoms with E-state index < -0.39 is 15.7 Å². The lowest BCUT2D eigenvalue weighted by Gasteiger charge is -2.35. The Morgan fingerprint density at radius 3 is 2.11 bits per heavy atom. The Hall–Kier alpha value is -0.170. The van der Waals surface area contributed by atoms with E-state index in [-0.39, 0.29) is 0 Å². The number of hydrogen-bond acceptors (Lipinski definition) is 3. The molecule has 0 saturated carbocycles. The van der Waals surface area contributed by atoms with E-state index in [9.17, 15) is 8.42 Å². The molecule has 6 heteroatoms. The molecule has 1 fully saturated rings. The molecule has 0 bridgehead atoms. The van der Waals surface area contributed by atoms with Gasteiger partial charge in [0.05, 0.1) is 0 Å². The first-order chi connectivity index (χ1) is 8.72. The highest BCUT2D eigenvalue weighted by molar-refractivity contribution is 7.87. The van der Waals surface area contributed by atoms with Crippen LogP contribution in [0.1, 0.15) is 47.0 Å². The van der Waals surface area contributed by atoms with Crippen LogP contribution in [0.2, 0.25) is 0 Å². The molecule has 0 aliphatic carbocycles. The van der Waals surface area contributed by atoms with Crippen molar-refractivity contribution in [3.63, 3.8) is 0 Å². The third-order valence-electron chi connectivity index (χ3n) is 4.19. The van der Waals surface area contributed by atoms with Gasteiger partial charge in [-0.2, -0.15) is 12.7 Å². The summed E-state index contributed by atoms with van der Waals surface area (Å²) in [6.45, 7) is 9.70. The molecule has 1 saturated heterocycles. The molecule has 1 rings (SSSR count). The number of nitrogens with two attached hydrogens (primary N) is 1. The summed E-state index contributed by atoms with van der Waals surface area (Å²) in [5, 5.41) is 0. The summed E-state index contributed by atoms with van der Waals surface area (Å²) in [5.74, 6) is 0.834. The Balaban J connectivity index is 2.65. The van der Waals surface area contributed by atoms with Crippen LogP contribution in [0, 0.1) is 11.8 Å². The average Bonchev–Trinajstić information content (AvgIpc) is 2.35. The van der Waals surface area contributed by atoms with Crippen molar-refractivity contribution >= 4 is 10.2 Å². The Labute approximate surface area is 118 Å². The van der Waals surface area contributed by atoms with Gasteiger partial charge < -0.3 is 5.73 Å². The molecule has 1 aliphatic rings. The lowest BCUT2D eigenvalue weighted by atomic mass is 9.94. The van der Waals surface area contributed by atoms with Crippen molar-refractivity contribution in [3.8, 4) is 0 Å². The van der Waals surface area contributed by atoms with Crippen molar-refractivity contribution in [2.45, 2.75) is 52.5 Å². The Bertz CT molecular complexity index is 369. The third kappa shape index (κ3) is 4.70. The molecule has 0 aromatic rings. The minimum absolute atomic E-state index is 0.307. The van der Waals surface area contributed by atoms with E-state index >= 15 is 0 Å². The quantitative estimate of drug-likeness (QED) is 0.775. The third-order valence-corrected chi connectivity index (χ3v) is 5.68. The number of hydrogen-bond donors (Lipinski definition) is 2. The number of rotatable bonds is 6. The van der Waals surface area contributed by atoms with Gasteiger partial charge in [0.15, 0.2) is 0 Å². The van der Waals surface area contributed by atoms with Crippen molar-refractivity contribution in [1.82, 2.24) is 9.03 Å². The molecule has 0 spiro atoms. The molecule has 3 N–H and O–H groups in total. The minimum atomic E-state index is -3.40. The predicted molar refractivity (Wildman–Crippen MR) is 78.9 cm³/mol. The molecule has 0 aromatic carbocycles. The van der Waals surface area contributed by atoms with Crippen LogP contribution in [0.25, 0.3) is 0 Å². The van der Waals surface area contributed by atoms with Gasteiger partial charge in [0.2, 0.25) is 0 Å².